The molecule has 1 aliphatic rings. The molecule has 7 heteroatoms. The number of hydrogen-bond donors (Lipinski definition) is 0. The predicted octanol–water partition coefficient (Wildman–Crippen LogP) is 4.27. The van der Waals surface area contributed by atoms with Gasteiger partial charge >= 0.3 is 0 Å². The Morgan fingerprint density at radius 1 is 1.23 bits per heavy atom. The molecule has 3 aromatic heterocycles. The Labute approximate surface area is 157 Å². The van der Waals surface area contributed by atoms with E-state index in [1.807, 2.05) is 13.8 Å². The summed E-state index contributed by atoms with van der Waals surface area (Å²) in [6.07, 6.45) is 3.23. The third-order valence-electron chi connectivity index (χ3n) is 4.84. The molecule has 0 radical (unpaired) electrons. The lowest BCUT2D eigenvalue weighted by molar-refractivity contribution is 0.331. The number of aromatic nitrogens is 4. The molecule has 26 heavy (non-hydrogen) atoms. The number of thiophene rings is 1. The van der Waals surface area contributed by atoms with E-state index in [1.54, 1.807) is 11.3 Å². The molecular weight excluding hydrogens is 346 g/mol. The molecule has 0 bridgehead atoms. The van der Waals surface area contributed by atoms with Crippen molar-refractivity contribution in [3.63, 3.8) is 0 Å². The molecule has 0 saturated carbocycles. The van der Waals surface area contributed by atoms with E-state index >= 15 is 0 Å². The van der Waals surface area contributed by atoms with Crippen molar-refractivity contribution in [2.45, 2.75) is 52.9 Å². The van der Waals surface area contributed by atoms with Crippen LogP contribution in [0, 0.1) is 19.8 Å². The fourth-order valence-electron chi connectivity index (χ4n) is 3.75. The van der Waals surface area contributed by atoms with Gasteiger partial charge in [-0.25, -0.2) is 9.97 Å². The zero-order valence-corrected chi connectivity index (χ0v) is 16.6. The number of aryl methyl sites for hydroxylation is 2. The van der Waals surface area contributed by atoms with E-state index in [2.05, 4.69) is 39.3 Å². The second-order valence-corrected chi connectivity index (χ2v) is 8.46. The fraction of sp³-hybridized carbons (Fsp3) is 0.579. The molecule has 0 aromatic carbocycles. The van der Waals surface area contributed by atoms with Crippen molar-refractivity contribution >= 4 is 27.4 Å². The van der Waals surface area contributed by atoms with Crippen LogP contribution < -0.4 is 4.90 Å². The van der Waals surface area contributed by atoms with Crippen molar-refractivity contribution in [2.75, 3.05) is 18.0 Å². The summed E-state index contributed by atoms with van der Waals surface area (Å²) in [5.74, 6) is 4.24. The van der Waals surface area contributed by atoms with Crippen LogP contribution in [0.4, 0.5) is 5.82 Å². The first-order chi connectivity index (χ1) is 12.5. The zero-order chi connectivity index (χ0) is 18.3. The largest absolute Gasteiger partial charge is 0.355 e. The zero-order valence-electron chi connectivity index (χ0n) is 15.8. The summed E-state index contributed by atoms with van der Waals surface area (Å²) in [5.41, 5.74) is 1.37. The van der Waals surface area contributed by atoms with E-state index in [4.69, 9.17) is 9.51 Å². The van der Waals surface area contributed by atoms with Gasteiger partial charge in [-0.05, 0) is 50.0 Å². The van der Waals surface area contributed by atoms with Gasteiger partial charge in [0.2, 0.25) is 5.89 Å². The van der Waals surface area contributed by atoms with E-state index in [0.29, 0.717) is 11.7 Å². The molecule has 0 spiro atoms. The van der Waals surface area contributed by atoms with Gasteiger partial charge in [0.25, 0.3) is 0 Å². The highest BCUT2D eigenvalue weighted by Gasteiger charge is 2.28. The Bertz CT molecular complexity index is 916. The number of nitrogens with zero attached hydrogens (tertiary/aromatic N) is 5. The van der Waals surface area contributed by atoms with Gasteiger partial charge in [0.1, 0.15) is 16.5 Å². The van der Waals surface area contributed by atoms with Crippen LogP contribution in [-0.4, -0.2) is 33.2 Å². The molecule has 1 atom stereocenters. The summed E-state index contributed by atoms with van der Waals surface area (Å²) in [5, 5.41) is 7.45. The van der Waals surface area contributed by atoms with Crippen LogP contribution in [0.25, 0.3) is 10.2 Å². The third kappa shape index (κ3) is 3.32. The first kappa shape index (κ1) is 17.4. The Morgan fingerprint density at radius 3 is 2.81 bits per heavy atom. The maximum atomic E-state index is 5.44. The summed E-state index contributed by atoms with van der Waals surface area (Å²) < 4.78 is 5.44. The van der Waals surface area contributed by atoms with Crippen LogP contribution in [-0.2, 0) is 6.42 Å². The molecule has 138 valence electrons. The number of rotatable bonds is 4. The van der Waals surface area contributed by atoms with Gasteiger partial charge in [0.15, 0.2) is 5.82 Å². The minimum absolute atomic E-state index is 0.266. The molecule has 6 nitrogen and oxygen atoms in total. The Balaban J connectivity index is 1.71. The Morgan fingerprint density at radius 2 is 2.08 bits per heavy atom. The van der Waals surface area contributed by atoms with Gasteiger partial charge in [-0.15, -0.1) is 11.3 Å². The molecule has 1 unspecified atom stereocenters. The number of fused-ring (bicyclic) bond motifs is 1. The molecule has 4 heterocycles. The van der Waals surface area contributed by atoms with Gasteiger partial charge < -0.3 is 9.42 Å². The quantitative estimate of drug-likeness (QED) is 0.682. The highest BCUT2D eigenvalue weighted by Crippen LogP contribution is 2.36. The minimum atomic E-state index is 0.266. The van der Waals surface area contributed by atoms with Crippen LogP contribution in [0.5, 0.6) is 0 Å². The van der Waals surface area contributed by atoms with E-state index in [9.17, 15) is 0 Å². The van der Waals surface area contributed by atoms with Crippen molar-refractivity contribution in [2.24, 2.45) is 5.92 Å². The van der Waals surface area contributed by atoms with Crippen LogP contribution >= 0.6 is 11.3 Å². The average Bonchev–Trinajstić information content (AvgIpc) is 3.20. The van der Waals surface area contributed by atoms with Gasteiger partial charge in [0, 0.05) is 13.1 Å². The Hall–Kier alpha value is -2.02. The van der Waals surface area contributed by atoms with Crippen LogP contribution in [0.3, 0.4) is 0 Å². The number of hydrogen-bond acceptors (Lipinski definition) is 7. The van der Waals surface area contributed by atoms with Gasteiger partial charge in [-0.1, -0.05) is 19.0 Å². The maximum Gasteiger partial charge on any atom is 0.231 e. The topological polar surface area (TPSA) is 67.9 Å². The second-order valence-electron chi connectivity index (χ2n) is 7.60. The van der Waals surface area contributed by atoms with Crippen molar-refractivity contribution in [3.8, 4) is 0 Å². The smallest absolute Gasteiger partial charge is 0.231 e. The standard InChI is InChI=1S/C19H25N5OS/c1-11(2)8-15-10-26-19-16(15)17(20-12(3)22-19)24-7-5-6-14(9-24)18-21-13(4)23-25-18/h10-11,14H,5-9H2,1-4H3. The van der Waals surface area contributed by atoms with Crippen molar-refractivity contribution in [1.29, 1.82) is 0 Å². The molecule has 1 fully saturated rings. The Kier molecular flexibility index (Phi) is 4.65. The molecule has 0 aliphatic carbocycles. The van der Waals surface area contributed by atoms with Crippen molar-refractivity contribution < 1.29 is 4.52 Å². The first-order valence-corrected chi connectivity index (χ1v) is 10.2. The summed E-state index contributed by atoms with van der Waals surface area (Å²) in [4.78, 5) is 17.5. The van der Waals surface area contributed by atoms with E-state index in [-0.39, 0.29) is 5.92 Å². The van der Waals surface area contributed by atoms with E-state index in [1.165, 1.54) is 10.9 Å². The second kappa shape index (κ2) is 6.95. The number of piperidine rings is 1. The fourth-order valence-corrected chi connectivity index (χ4v) is 4.75. The third-order valence-corrected chi connectivity index (χ3v) is 5.77. The predicted molar refractivity (Wildman–Crippen MR) is 104 cm³/mol. The highest BCUT2D eigenvalue weighted by molar-refractivity contribution is 7.17. The maximum absolute atomic E-state index is 5.44. The molecule has 1 aliphatic heterocycles. The molecule has 3 aromatic rings. The van der Waals surface area contributed by atoms with Crippen molar-refractivity contribution in [3.05, 3.63) is 28.5 Å². The summed E-state index contributed by atoms with van der Waals surface area (Å²) in [6, 6.07) is 0. The van der Waals surface area contributed by atoms with Gasteiger partial charge in [0.05, 0.1) is 11.3 Å². The normalized spacial score (nSPS) is 18.2. The van der Waals surface area contributed by atoms with Crippen LogP contribution in [0.2, 0.25) is 0 Å². The first-order valence-electron chi connectivity index (χ1n) is 9.31. The lowest BCUT2D eigenvalue weighted by atomic mass is 9.97. The van der Waals surface area contributed by atoms with Gasteiger partial charge in [-0.3, -0.25) is 0 Å². The average molecular weight is 372 g/mol. The lowest BCUT2D eigenvalue weighted by Crippen LogP contribution is -2.35. The van der Waals surface area contributed by atoms with Crippen molar-refractivity contribution in [1.82, 2.24) is 20.1 Å². The molecule has 1 saturated heterocycles. The molecule has 4 rings (SSSR count). The molecule has 0 N–H and O–H groups in total. The van der Waals surface area contributed by atoms with Gasteiger partial charge in [-0.2, -0.15) is 4.98 Å². The molecule has 0 amide bonds. The van der Waals surface area contributed by atoms with Crippen LogP contribution in [0.1, 0.15) is 55.7 Å². The summed E-state index contributed by atoms with van der Waals surface area (Å²) in [6.45, 7) is 10.2. The van der Waals surface area contributed by atoms with E-state index < -0.39 is 0 Å². The monoisotopic (exact) mass is 371 g/mol. The van der Waals surface area contributed by atoms with E-state index in [0.717, 1.165) is 54.7 Å². The number of anilines is 1. The summed E-state index contributed by atoms with van der Waals surface area (Å²) >= 11 is 1.73. The summed E-state index contributed by atoms with van der Waals surface area (Å²) in [7, 11) is 0. The molecular formula is C19H25N5OS. The SMILES string of the molecule is Cc1noc(C2CCCN(c3nc(C)nc4scc(CC(C)C)c34)C2)n1. The lowest BCUT2D eigenvalue weighted by Gasteiger charge is -2.32. The van der Waals surface area contributed by atoms with Crippen LogP contribution in [0.15, 0.2) is 9.90 Å². The highest BCUT2D eigenvalue weighted by atomic mass is 32.1. The minimum Gasteiger partial charge on any atom is -0.355 e.